The summed E-state index contributed by atoms with van der Waals surface area (Å²) in [5, 5.41) is 2.88. The summed E-state index contributed by atoms with van der Waals surface area (Å²) >= 11 is 0. The van der Waals surface area contributed by atoms with E-state index in [1.807, 2.05) is 13.8 Å². The summed E-state index contributed by atoms with van der Waals surface area (Å²) in [5.41, 5.74) is 5.14. The normalized spacial score (nSPS) is 12.0. The van der Waals surface area contributed by atoms with E-state index in [-0.39, 0.29) is 18.5 Å². The summed E-state index contributed by atoms with van der Waals surface area (Å²) in [4.78, 5) is 3.94. The predicted molar refractivity (Wildman–Crippen MR) is 73.1 cm³/mol. The van der Waals surface area contributed by atoms with Gasteiger partial charge >= 0.3 is 6.18 Å². The monoisotopic (exact) mass is 283 g/mol. The summed E-state index contributed by atoms with van der Waals surface area (Å²) in [6.45, 7) is 3.95. The summed E-state index contributed by atoms with van der Waals surface area (Å²) < 4.78 is 37.5. The van der Waals surface area contributed by atoms with E-state index in [0.717, 1.165) is 12.1 Å². The van der Waals surface area contributed by atoms with Gasteiger partial charge in [-0.1, -0.05) is 17.9 Å². The third-order valence-corrected chi connectivity index (χ3v) is 2.19. The van der Waals surface area contributed by atoms with Crippen LogP contribution in [0.5, 0.6) is 0 Å². The Kier molecular flexibility index (Phi) is 5.44. The highest BCUT2D eigenvalue weighted by Gasteiger charge is 2.30. The van der Waals surface area contributed by atoms with Crippen LogP contribution >= 0.6 is 0 Å². The van der Waals surface area contributed by atoms with E-state index in [1.54, 1.807) is 0 Å². The van der Waals surface area contributed by atoms with Crippen molar-refractivity contribution < 1.29 is 13.2 Å². The van der Waals surface area contributed by atoms with Gasteiger partial charge in [0.1, 0.15) is 6.54 Å². The number of benzene rings is 1. The van der Waals surface area contributed by atoms with Crippen LogP contribution in [0, 0.1) is 11.8 Å². The fourth-order valence-corrected chi connectivity index (χ4v) is 1.38. The van der Waals surface area contributed by atoms with E-state index < -0.39 is 11.7 Å². The minimum Gasteiger partial charge on any atom is -0.370 e. The molecule has 3 N–H and O–H groups in total. The molecule has 1 aromatic carbocycles. The molecular weight excluding hydrogens is 267 g/mol. The molecule has 108 valence electrons. The molecule has 0 aliphatic rings. The van der Waals surface area contributed by atoms with Crippen LogP contribution in [0.2, 0.25) is 0 Å². The Morgan fingerprint density at radius 2 is 2.10 bits per heavy atom. The molecule has 0 unspecified atom stereocenters. The van der Waals surface area contributed by atoms with Crippen LogP contribution in [0.1, 0.15) is 25.0 Å². The Morgan fingerprint density at radius 1 is 1.40 bits per heavy atom. The fraction of sp³-hybridized carbons (Fsp3) is 0.357. The van der Waals surface area contributed by atoms with E-state index in [0.29, 0.717) is 5.56 Å². The van der Waals surface area contributed by atoms with Gasteiger partial charge in [-0.2, -0.15) is 13.2 Å². The van der Waals surface area contributed by atoms with Crippen LogP contribution in [-0.4, -0.2) is 18.5 Å². The topological polar surface area (TPSA) is 50.4 Å². The van der Waals surface area contributed by atoms with Crippen molar-refractivity contribution in [3.05, 3.63) is 35.4 Å². The molecule has 1 aromatic rings. The first kappa shape index (κ1) is 15.9. The lowest BCUT2D eigenvalue weighted by atomic mass is 10.1. The average Bonchev–Trinajstić information content (AvgIpc) is 2.33. The van der Waals surface area contributed by atoms with Gasteiger partial charge in [-0.05, 0) is 32.0 Å². The van der Waals surface area contributed by atoms with Gasteiger partial charge in [-0.15, -0.1) is 0 Å². The van der Waals surface area contributed by atoms with Crippen molar-refractivity contribution in [1.82, 2.24) is 5.32 Å². The van der Waals surface area contributed by atoms with Gasteiger partial charge in [0.05, 0.1) is 5.56 Å². The lowest BCUT2D eigenvalue weighted by molar-refractivity contribution is -0.137. The van der Waals surface area contributed by atoms with Crippen LogP contribution < -0.4 is 11.1 Å². The molecule has 6 heteroatoms. The van der Waals surface area contributed by atoms with Crippen molar-refractivity contribution in [2.75, 3.05) is 6.54 Å². The number of rotatable bonds is 2. The van der Waals surface area contributed by atoms with Gasteiger partial charge in [0, 0.05) is 11.6 Å². The van der Waals surface area contributed by atoms with Crippen molar-refractivity contribution in [1.29, 1.82) is 0 Å². The molecule has 0 saturated carbocycles. The summed E-state index contributed by atoms with van der Waals surface area (Å²) in [5.74, 6) is 5.55. The smallest absolute Gasteiger partial charge is 0.370 e. The summed E-state index contributed by atoms with van der Waals surface area (Å²) in [7, 11) is 0. The van der Waals surface area contributed by atoms with Gasteiger partial charge < -0.3 is 11.1 Å². The summed E-state index contributed by atoms with van der Waals surface area (Å²) in [6, 6.07) is 5.02. The molecule has 0 aliphatic carbocycles. The van der Waals surface area contributed by atoms with Gasteiger partial charge in [0.15, 0.2) is 5.96 Å². The minimum atomic E-state index is -4.36. The second kappa shape index (κ2) is 6.85. The molecule has 0 heterocycles. The molecule has 1 rings (SSSR count). The fourth-order valence-electron chi connectivity index (χ4n) is 1.38. The quantitative estimate of drug-likeness (QED) is 0.497. The highest BCUT2D eigenvalue weighted by molar-refractivity contribution is 5.78. The molecule has 0 bridgehead atoms. The number of halogens is 3. The van der Waals surface area contributed by atoms with Crippen LogP contribution in [0.4, 0.5) is 13.2 Å². The number of nitrogens with one attached hydrogen (secondary N) is 1. The summed E-state index contributed by atoms with van der Waals surface area (Å²) in [6.07, 6.45) is -4.36. The third-order valence-electron chi connectivity index (χ3n) is 2.19. The van der Waals surface area contributed by atoms with E-state index in [1.165, 1.54) is 12.1 Å². The van der Waals surface area contributed by atoms with Crippen molar-refractivity contribution in [2.24, 2.45) is 10.7 Å². The van der Waals surface area contributed by atoms with E-state index >= 15 is 0 Å². The zero-order valence-corrected chi connectivity index (χ0v) is 11.3. The molecule has 0 fully saturated rings. The van der Waals surface area contributed by atoms with Crippen LogP contribution in [-0.2, 0) is 6.18 Å². The Bertz CT molecular complexity index is 537. The first-order chi connectivity index (χ1) is 9.29. The maximum absolute atomic E-state index is 12.5. The molecule has 20 heavy (non-hydrogen) atoms. The maximum atomic E-state index is 12.5. The Balaban J connectivity index is 2.69. The highest BCUT2D eigenvalue weighted by atomic mass is 19.4. The number of alkyl halides is 3. The SMILES string of the molecule is CC(C)NC(N)=NCC#Cc1cccc(C(F)(F)F)c1. The van der Waals surface area contributed by atoms with Gasteiger partial charge in [0.2, 0.25) is 0 Å². The second-order valence-corrected chi connectivity index (χ2v) is 4.38. The number of hydrogen-bond acceptors (Lipinski definition) is 1. The number of guanidine groups is 1. The van der Waals surface area contributed by atoms with Crippen molar-refractivity contribution in [3.8, 4) is 11.8 Å². The predicted octanol–water partition coefficient (Wildman–Crippen LogP) is 2.37. The zero-order chi connectivity index (χ0) is 15.2. The second-order valence-electron chi connectivity index (χ2n) is 4.38. The van der Waals surface area contributed by atoms with E-state index in [2.05, 4.69) is 22.2 Å². The molecular formula is C14H16F3N3. The lowest BCUT2D eigenvalue weighted by Crippen LogP contribution is -2.36. The molecule has 0 aromatic heterocycles. The average molecular weight is 283 g/mol. The molecule has 0 spiro atoms. The molecule has 0 aliphatic heterocycles. The Morgan fingerprint density at radius 3 is 2.70 bits per heavy atom. The third kappa shape index (κ3) is 5.65. The zero-order valence-electron chi connectivity index (χ0n) is 11.3. The molecule has 0 saturated heterocycles. The van der Waals surface area contributed by atoms with Gasteiger partial charge in [-0.3, -0.25) is 0 Å². The molecule has 0 atom stereocenters. The minimum absolute atomic E-state index is 0.127. The van der Waals surface area contributed by atoms with Crippen molar-refractivity contribution in [2.45, 2.75) is 26.1 Å². The van der Waals surface area contributed by atoms with E-state index in [4.69, 9.17) is 5.73 Å². The number of nitrogens with zero attached hydrogens (tertiary/aromatic N) is 1. The van der Waals surface area contributed by atoms with Crippen molar-refractivity contribution >= 4 is 5.96 Å². The lowest BCUT2D eigenvalue weighted by Gasteiger charge is -2.07. The first-order valence-corrected chi connectivity index (χ1v) is 6.01. The van der Waals surface area contributed by atoms with Crippen LogP contribution in [0.3, 0.4) is 0 Å². The maximum Gasteiger partial charge on any atom is 0.416 e. The van der Waals surface area contributed by atoms with Crippen molar-refractivity contribution in [3.63, 3.8) is 0 Å². The standard InChI is InChI=1S/C14H16F3N3/c1-10(2)20-13(18)19-8-4-6-11-5-3-7-12(9-11)14(15,16)17/h3,5,7,9-10H,8H2,1-2H3,(H3,18,19,20). The number of hydrogen-bond donors (Lipinski definition) is 2. The van der Waals surface area contributed by atoms with E-state index in [9.17, 15) is 13.2 Å². The molecule has 3 nitrogen and oxygen atoms in total. The highest BCUT2D eigenvalue weighted by Crippen LogP contribution is 2.29. The van der Waals surface area contributed by atoms with Crippen LogP contribution in [0.15, 0.2) is 29.3 Å². The number of nitrogens with two attached hydrogens (primary N) is 1. The first-order valence-electron chi connectivity index (χ1n) is 6.01. The van der Waals surface area contributed by atoms with Gasteiger partial charge in [0.25, 0.3) is 0 Å². The Hall–Kier alpha value is -2.16. The largest absolute Gasteiger partial charge is 0.416 e. The number of aliphatic imine (C=N–C) groups is 1. The molecule has 0 amide bonds. The Labute approximate surface area is 116 Å². The molecule has 0 radical (unpaired) electrons. The van der Waals surface area contributed by atoms with Crippen LogP contribution in [0.25, 0.3) is 0 Å². The van der Waals surface area contributed by atoms with Gasteiger partial charge in [-0.25, -0.2) is 4.99 Å².